The van der Waals surface area contributed by atoms with Crippen LogP contribution in [0.3, 0.4) is 0 Å². The van der Waals surface area contributed by atoms with E-state index in [9.17, 15) is 0 Å². The maximum atomic E-state index is 4.56. The van der Waals surface area contributed by atoms with Gasteiger partial charge in [0.05, 0.1) is 0 Å². The van der Waals surface area contributed by atoms with E-state index >= 15 is 0 Å². The van der Waals surface area contributed by atoms with E-state index in [0.717, 1.165) is 24.7 Å². The monoisotopic (exact) mass is 248 g/mol. The van der Waals surface area contributed by atoms with Gasteiger partial charge in [-0.25, -0.2) is 9.97 Å². The third-order valence-corrected chi connectivity index (χ3v) is 3.43. The zero-order valence-corrected chi connectivity index (χ0v) is 11.7. The van der Waals surface area contributed by atoms with Gasteiger partial charge in [-0.05, 0) is 32.3 Å². The van der Waals surface area contributed by atoms with Crippen LogP contribution in [0.25, 0.3) is 0 Å². The summed E-state index contributed by atoms with van der Waals surface area (Å²) in [5, 5.41) is 3.53. The second-order valence-corrected chi connectivity index (χ2v) is 5.40. The van der Waals surface area contributed by atoms with Gasteiger partial charge < -0.3 is 10.2 Å². The van der Waals surface area contributed by atoms with Gasteiger partial charge in [-0.2, -0.15) is 0 Å². The molecule has 0 bridgehead atoms. The standard InChI is InChI=1S/C14H24N4/c1-11(2)16-10-13-6-4-5-9-18(13)14-15-8-7-12(3)17-14/h7-8,11,13,16H,4-6,9-10H2,1-3H3. The van der Waals surface area contributed by atoms with Crippen molar-refractivity contribution in [2.75, 3.05) is 18.0 Å². The van der Waals surface area contributed by atoms with Crippen molar-refractivity contribution in [3.05, 3.63) is 18.0 Å². The summed E-state index contributed by atoms with van der Waals surface area (Å²) in [6, 6.07) is 3.02. The molecule has 1 fully saturated rings. The molecule has 1 unspecified atom stereocenters. The van der Waals surface area contributed by atoms with Crippen molar-refractivity contribution in [1.29, 1.82) is 0 Å². The number of nitrogens with zero attached hydrogens (tertiary/aromatic N) is 3. The molecule has 1 aromatic rings. The molecule has 1 saturated heterocycles. The fraction of sp³-hybridized carbons (Fsp3) is 0.714. The first-order chi connectivity index (χ1) is 8.66. The predicted octanol–water partition coefficient (Wildman–Crippen LogP) is 2.14. The van der Waals surface area contributed by atoms with Crippen LogP contribution in [0, 0.1) is 6.92 Å². The molecule has 1 aliphatic rings. The third kappa shape index (κ3) is 3.42. The van der Waals surface area contributed by atoms with Crippen LogP contribution >= 0.6 is 0 Å². The molecule has 1 atom stereocenters. The van der Waals surface area contributed by atoms with Crippen LogP contribution in [0.15, 0.2) is 12.3 Å². The smallest absolute Gasteiger partial charge is 0.225 e. The minimum absolute atomic E-state index is 0.531. The van der Waals surface area contributed by atoms with Gasteiger partial charge >= 0.3 is 0 Å². The SMILES string of the molecule is Cc1ccnc(N2CCCCC2CNC(C)C)n1. The second kappa shape index (κ2) is 6.14. The number of piperidine rings is 1. The van der Waals surface area contributed by atoms with Crippen LogP contribution in [0.4, 0.5) is 5.95 Å². The Morgan fingerprint density at radius 3 is 3.00 bits per heavy atom. The maximum absolute atomic E-state index is 4.56. The summed E-state index contributed by atoms with van der Waals surface area (Å²) in [5.41, 5.74) is 1.04. The molecule has 18 heavy (non-hydrogen) atoms. The Morgan fingerprint density at radius 2 is 2.28 bits per heavy atom. The molecular formula is C14H24N4. The first-order valence-electron chi connectivity index (χ1n) is 6.96. The molecule has 100 valence electrons. The van der Waals surface area contributed by atoms with Gasteiger partial charge in [-0.15, -0.1) is 0 Å². The summed E-state index contributed by atoms with van der Waals surface area (Å²) < 4.78 is 0. The average Bonchev–Trinajstić information content (AvgIpc) is 2.36. The third-order valence-electron chi connectivity index (χ3n) is 3.43. The van der Waals surface area contributed by atoms with Gasteiger partial charge in [0.1, 0.15) is 0 Å². The van der Waals surface area contributed by atoms with E-state index in [4.69, 9.17) is 0 Å². The largest absolute Gasteiger partial charge is 0.337 e. The summed E-state index contributed by atoms with van der Waals surface area (Å²) >= 11 is 0. The van der Waals surface area contributed by atoms with Crippen LogP contribution in [0.1, 0.15) is 38.8 Å². The lowest BCUT2D eigenvalue weighted by Gasteiger charge is -2.36. The van der Waals surface area contributed by atoms with Crippen molar-refractivity contribution >= 4 is 5.95 Å². The molecule has 0 radical (unpaired) electrons. The lowest BCUT2D eigenvalue weighted by molar-refractivity contribution is 0.416. The molecule has 0 saturated carbocycles. The molecule has 0 amide bonds. The minimum Gasteiger partial charge on any atom is -0.337 e. The normalized spacial score (nSPS) is 20.4. The number of hydrogen-bond donors (Lipinski definition) is 1. The average molecular weight is 248 g/mol. The Balaban J connectivity index is 2.07. The lowest BCUT2D eigenvalue weighted by Crippen LogP contribution is -2.47. The van der Waals surface area contributed by atoms with Gasteiger partial charge in [0.15, 0.2) is 0 Å². The summed E-state index contributed by atoms with van der Waals surface area (Å²) in [7, 11) is 0. The van der Waals surface area contributed by atoms with E-state index in [-0.39, 0.29) is 0 Å². The molecular weight excluding hydrogens is 224 g/mol. The molecule has 0 aliphatic carbocycles. The maximum Gasteiger partial charge on any atom is 0.225 e. The molecule has 2 heterocycles. The van der Waals surface area contributed by atoms with Crippen molar-refractivity contribution in [3.63, 3.8) is 0 Å². The lowest BCUT2D eigenvalue weighted by atomic mass is 10.0. The van der Waals surface area contributed by atoms with Crippen molar-refractivity contribution in [2.24, 2.45) is 0 Å². The number of rotatable bonds is 4. The summed E-state index contributed by atoms with van der Waals surface area (Å²) in [5.74, 6) is 0.894. The molecule has 4 heteroatoms. The van der Waals surface area contributed by atoms with E-state index < -0.39 is 0 Å². The van der Waals surface area contributed by atoms with Crippen LogP contribution in [-0.4, -0.2) is 35.1 Å². The number of aryl methyl sites for hydroxylation is 1. The number of hydrogen-bond acceptors (Lipinski definition) is 4. The van der Waals surface area contributed by atoms with Gasteiger partial charge in [0, 0.05) is 37.1 Å². The Labute approximate surface area is 110 Å². The van der Waals surface area contributed by atoms with Crippen molar-refractivity contribution in [1.82, 2.24) is 15.3 Å². The molecule has 1 aromatic heterocycles. The van der Waals surface area contributed by atoms with Crippen molar-refractivity contribution < 1.29 is 0 Å². The Hall–Kier alpha value is -1.16. The number of anilines is 1. The van der Waals surface area contributed by atoms with E-state index in [1.807, 2.05) is 19.2 Å². The highest BCUT2D eigenvalue weighted by Gasteiger charge is 2.24. The molecule has 0 spiro atoms. The highest BCUT2D eigenvalue weighted by molar-refractivity contribution is 5.33. The minimum atomic E-state index is 0.531. The predicted molar refractivity (Wildman–Crippen MR) is 74.9 cm³/mol. The Bertz CT molecular complexity index is 378. The fourth-order valence-electron chi connectivity index (χ4n) is 2.42. The van der Waals surface area contributed by atoms with E-state index in [1.54, 1.807) is 0 Å². The van der Waals surface area contributed by atoms with Crippen molar-refractivity contribution in [2.45, 2.75) is 52.1 Å². The van der Waals surface area contributed by atoms with Gasteiger partial charge in [0.2, 0.25) is 5.95 Å². The molecule has 0 aromatic carbocycles. The van der Waals surface area contributed by atoms with E-state index in [0.29, 0.717) is 12.1 Å². The highest BCUT2D eigenvalue weighted by Crippen LogP contribution is 2.21. The number of aromatic nitrogens is 2. The Kier molecular flexibility index (Phi) is 4.53. The summed E-state index contributed by atoms with van der Waals surface area (Å²) in [4.78, 5) is 11.4. The molecule has 1 N–H and O–H groups in total. The molecule has 1 aliphatic heterocycles. The zero-order chi connectivity index (χ0) is 13.0. The molecule has 4 nitrogen and oxygen atoms in total. The zero-order valence-electron chi connectivity index (χ0n) is 11.7. The van der Waals surface area contributed by atoms with Crippen LogP contribution in [0.5, 0.6) is 0 Å². The number of nitrogens with one attached hydrogen (secondary N) is 1. The van der Waals surface area contributed by atoms with E-state index in [1.165, 1.54) is 19.3 Å². The van der Waals surface area contributed by atoms with Crippen molar-refractivity contribution in [3.8, 4) is 0 Å². The highest BCUT2D eigenvalue weighted by atomic mass is 15.3. The second-order valence-electron chi connectivity index (χ2n) is 5.40. The first kappa shape index (κ1) is 13.3. The van der Waals surface area contributed by atoms with E-state index in [2.05, 4.69) is 34.0 Å². The van der Waals surface area contributed by atoms with Crippen LogP contribution in [-0.2, 0) is 0 Å². The summed E-state index contributed by atoms with van der Waals surface area (Å²) in [6.45, 7) is 8.51. The van der Waals surface area contributed by atoms with Gasteiger partial charge in [-0.1, -0.05) is 13.8 Å². The topological polar surface area (TPSA) is 41.1 Å². The summed E-state index contributed by atoms with van der Waals surface area (Å²) in [6.07, 6.45) is 5.65. The quantitative estimate of drug-likeness (QED) is 0.886. The molecule has 2 rings (SSSR count). The van der Waals surface area contributed by atoms with Gasteiger partial charge in [0.25, 0.3) is 0 Å². The Morgan fingerprint density at radius 1 is 1.44 bits per heavy atom. The van der Waals surface area contributed by atoms with Crippen LogP contribution < -0.4 is 10.2 Å². The first-order valence-corrected chi connectivity index (χ1v) is 6.96. The fourth-order valence-corrected chi connectivity index (χ4v) is 2.42. The van der Waals surface area contributed by atoms with Gasteiger partial charge in [-0.3, -0.25) is 0 Å². The van der Waals surface area contributed by atoms with Crippen LogP contribution in [0.2, 0.25) is 0 Å².